The van der Waals surface area contributed by atoms with Crippen molar-refractivity contribution in [2.45, 2.75) is 18.9 Å². The second-order valence-corrected chi connectivity index (χ2v) is 6.10. The average Bonchev–Trinajstić information content (AvgIpc) is 3.02. The summed E-state index contributed by atoms with van der Waals surface area (Å²) in [6, 6.07) is 8.35. The fraction of sp³-hybridized carbons (Fsp3) is 0.500. The van der Waals surface area contributed by atoms with Crippen LogP contribution in [0.15, 0.2) is 30.5 Å². The zero-order valence-corrected chi connectivity index (χ0v) is 13.7. The maximum Gasteiger partial charge on any atom is 0.312 e. The topological polar surface area (TPSA) is 54.6 Å². The number of para-hydroxylation sites is 1. The Morgan fingerprint density at radius 1 is 1.35 bits per heavy atom. The first-order valence-corrected chi connectivity index (χ1v) is 8.11. The highest BCUT2D eigenvalue weighted by atomic mass is 16.5. The first kappa shape index (κ1) is 16.0. The van der Waals surface area contributed by atoms with Crippen LogP contribution < -0.4 is 0 Å². The molecule has 1 saturated heterocycles. The number of H-pyrrole nitrogens is 1. The molecular formula is C18H24N2O3. The smallest absolute Gasteiger partial charge is 0.312 e. The molecule has 0 bridgehead atoms. The Morgan fingerprint density at radius 3 is 2.96 bits per heavy atom. The quantitative estimate of drug-likeness (QED) is 0.860. The summed E-state index contributed by atoms with van der Waals surface area (Å²) in [5.41, 5.74) is 2.50. The number of carbonyl (C=O) groups is 1. The molecule has 1 aliphatic rings. The molecule has 124 valence electrons. The molecule has 5 nitrogen and oxygen atoms in total. The third-order valence-electron chi connectivity index (χ3n) is 4.81. The highest BCUT2D eigenvalue weighted by Crippen LogP contribution is 2.23. The summed E-state index contributed by atoms with van der Waals surface area (Å²) in [6.45, 7) is 2.59. The molecule has 1 aromatic carbocycles. The van der Waals surface area contributed by atoms with Crippen molar-refractivity contribution in [3.05, 3.63) is 36.0 Å². The standard InChI is InChI=1S/C18H24N2O3/c1-22-17-8-10-20(12-15(17)18(21)23-2)9-7-13-11-19-16-6-4-3-5-14(13)16/h3-6,11,15,17,19H,7-10,12H2,1-2H3/t15-,17+/m1/s1. The molecule has 1 N–H and O–H groups in total. The van der Waals surface area contributed by atoms with Crippen LogP contribution in [-0.4, -0.2) is 55.8 Å². The second-order valence-electron chi connectivity index (χ2n) is 6.10. The summed E-state index contributed by atoms with van der Waals surface area (Å²) >= 11 is 0. The van der Waals surface area contributed by atoms with Crippen LogP contribution in [0.3, 0.4) is 0 Å². The number of piperidine rings is 1. The van der Waals surface area contributed by atoms with Crippen LogP contribution in [0.25, 0.3) is 10.9 Å². The Kier molecular flexibility index (Phi) is 4.98. The normalized spacial score (nSPS) is 22.3. The number of aromatic nitrogens is 1. The lowest BCUT2D eigenvalue weighted by atomic mass is 9.94. The van der Waals surface area contributed by atoms with Gasteiger partial charge in [0.25, 0.3) is 0 Å². The summed E-state index contributed by atoms with van der Waals surface area (Å²) in [4.78, 5) is 17.6. The molecule has 2 heterocycles. The molecule has 23 heavy (non-hydrogen) atoms. The van der Waals surface area contributed by atoms with Crippen LogP contribution in [0.5, 0.6) is 0 Å². The first-order chi connectivity index (χ1) is 11.2. The van der Waals surface area contributed by atoms with Gasteiger partial charge in [0.1, 0.15) is 0 Å². The predicted octanol–water partition coefficient (Wildman–Crippen LogP) is 2.22. The van der Waals surface area contributed by atoms with Gasteiger partial charge in [-0.05, 0) is 24.5 Å². The van der Waals surface area contributed by atoms with Crippen LogP contribution in [0.1, 0.15) is 12.0 Å². The van der Waals surface area contributed by atoms with Crippen LogP contribution in [-0.2, 0) is 20.7 Å². The third kappa shape index (κ3) is 3.41. The monoisotopic (exact) mass is 316 g/mol. The van der Waals surface area contributed by atoms with Crippen molar-refractivity contribution in [3.8, 4) is 0 Å². The molecule has 0 radical (unpaired) electrons. The lowest BCUT2D eigenvalue weighted by Crippen LogP contribution is -2.48. The van der Waals surface area contributed by atoms with Crippen molar-refractivity contribution in [3.63, 3.8) is 0 Å². The number of methoxy groups -OCH3 is 2. The van der Waals surface area contributed by atoms with E-state index in [0.717, 1.165) is 25.9 Å². The van der Waals surface area contributed by atoms with Gasteiger partial charge in [0, 0.05) is 43.8 Å². The Bertz CT molecular complexity index is 667. The van der Waals surface area contributed by atoms with Gasteiger partial charge in [-0.2, -0.15) is 0 Å². The van der Waals surface area contributed by atoms with E-state index < -0.39 is 0 Å². The molecule has 1 aliphatic heterocycles. The number of likely N-dealkylation sites (tertiary alicyclic amines) is 1. The third-order valence-corrected chi connectivity index (χ3v) is 4.81. The van der Waals surface area contributed by atoms with Crippen molar-refractivity contribution >= 4 is 16.9 Å². The van der Waals surface area contributed by atoms with Gasteiger partial charge in [0.2, 0.25) is 0 Å². The summed E-state index contributed by atoms with van der Waals surface area (Å²) in [7, 11) is 3.11. The van der Waals surface area contributed by atoms with Crippen LogP contribution in [0.4, 0.5) is 0 Å². The first-order valence-electron chi connectivity index (χ1n) is 8.11. The number of fused-ring (bicyclic) bond motifs is 1. The number of carbonyl (C=O) groups excluding carboxylic acids is 1. The van der Waals surface area contributed by atoms with E-state index in [1.165, 1.54) is 23.6 Å². The summed E-state index contributed by atoms with van der Waals surface area (Å²) in [5, 5.41) is 1.28. The Labute approximate surface area is 136 Å². The SMILES string of the molecule is COC(=O)[C@@H]1CN(CCc2c[nH]c3ccccc23)CC[C@@H]1OC. The number of benzene rings is 1. The lowest BCUT2D eigenvalue weighted by Gasteiger charge is -2.36. The van der Waals surface area contributed by atoms with Gasteiger partial charge < -0.3 is 19.4 Å². The minimum atomic E-state index is -0.193. The highest BCUT2D eigenvalue weighted by molar-refractivity contribution is 5.83. The van der Waals surface area contributed by atoms with E-state index in [2.05, 4.69) is 34.3 Å². The number of hydrogen-bond donors (Lipinski definition) is 1. The maximum atomic E-state index is 12.0. The van der Waals surface area contributed by atoms with Crippen molar-refractivity contribution in [2.75, 3.05) is 33.9 Å². The molecule has 2 atom stereocenters. The van der Waals surface area contributed by atoms with Gasteiger partial charge in [0.15, 0.2) is 0 Å². The summed E-state index contributed by atoms with van der Waals surface area (Å²) < 4.78 is 10.4. The van der Waals surface area contributed by atoms with E-state index >= 15 is 0 Å². The van der Waals surface area contributed by atoms with Gasteiger partial charge in [-0.1, -0.05) is 18.2 Å². The largest absolute Gasteiger partial charge is 0.469 e. The molecule has 0 unspecified atom stereocenters. The van der Waals surface area contributed by atoms with Gasteiger partial charge in [-0.3, -0.25) is 4.79 Å². The van der Waals surface area contributed by atoms with E-state index in [4.69, 9.17) is 9.47 Å². The number of ether oxygens (including phenoxy) is 2. The van der Waals surface area contributed by atoms with Crippen LogP contribution >= 0.6 is 0 Å². The molecule has 0 amide bonds. The molecule has 1 aromatic heterocycles. The highest BCUT2D eigenvalue weighted by Gasteiger charge is 2.35. The maximum absolute atomic E-state index is 12.0. The minimum absolute atomic E-state index is 0.0354. The number of nitrogens with zero attached hydrogens (tertiary/aromatic N) is 1. The van der Waals surface area contributed by atoms with Crippen molar-refractivity contribution in [1.29, 1.82) is 0 Å². The van der Waals surface area contributed by atoms with E-state index in [1.807, 2.05) is 6.07 Å². The minimum Gasteiger partial charge on any atom is -0.469 e. The second kappa shape index (κ2) is 7.15. The molecule has 0 saturated carbocycles. The molecule has 1 fully saturated rings. The fourth-order valence-electron chi connectivity index (χ4n) is 3.48. The van der Waals surface area contributed by atoms with E-state index in [9.17, 15) is 4.79 Å². The van der Waals surface area contributed by atoms with E-state index in [1.54, 1.807) is 7.11 Å². The number of rotatable bonds is 5. The number of nitrogens with one attached hydrogen (secondary N) is 1. The molecule has 2 aromatic rings. The predicted molar refractivity (Wildman–Crippen MR) is 89.4 cm³/mol. The number of aromatic amines is 1. The Hall–Kier alpha value is -1.85. The van der Waals surface area contributed by atoms with Crippen LogP contribution in [0.2, 0.25) is 0 Å². The Balaban J connectivity index is 1.63. The number of hydrogen-bond acceptors (Lipinski definition) is 4. The van der Waals surface area contributed by atoms with Crippen molar-refractivity contribution in [2.24, 2.45) is 5.92 Å². The average molecular weight is 316 g/mol. The van der Waals surface area contributed by atoms with Crippen molar-refractivity contribution < 1.29 is 14.3 Å². The zero-order valence-electron chi connectivity index (χ0n) is 13.7. The molecule has 3 rings (SSSR count). The van der Waals surface area contributed by atoms with E-state index in [-0.39, 0.29) is 18.0 Å². The molecule has 5 heteroatoms. The zero-order chi connectivity index (χ0) is 16.2. The van der Waals surface area contributed by atoms with Gasteiger partial charge in [-0.25, -0.2) is 0 Å². The van der Waals surface area contributed by atoms with Crippen LogP contribution in [0, 0.1) is 5.92 Å². The fourth-order valence-corrected chi connectivity index (χ4v) is 3.48. The van der Waals surface area contributed by atoms with Crippen molar-refractivity contribution in [1.82, 2.24) is 9.88 Å². The molecule has 0 spiro atoms. The lowest BCUT2D eigenvalue weighted by molar-refractivity contribution is -0.154. The van der Waals surface area contributed by atoms with Gasteiger partial charge >= 0.3 is 5.97 Å². The van der Waals surface area contributed by atoms with Gasteiger partial charge in [-0.15, -0.1) is 0 Å². The Morgan fingerprint density at radius 2 is 2.17 bits per heavy atom. The summed E-state index contributed by atoms with van der Waals surface area (Å²) in [6.07, 6.45) is 3.89. The molecular weight excluding hydrogens is 292 g/mol. The molecule has 0 aliphatic carbocycles. The van der Waals surface area contributed by atoms with Gasteiger partial charge in [0.05, 0.1) is 19.1 Å². The number of esters is 1. The summed E-state index contributed by atoms with van der Waals surface area (Å²) in [5.74, 6) is -0.365. The van der Waals surface area contributed by atoms with E-state index in [0.29, 0.717) is 6.54 Å².